The molecule has 7 nitrogen and oxygen atoms in total. The minimum Gasteiger partial charge on any atom is -0.378 e. The Kier molecular flexibility index (Phi) is 4.75. The molecule has 1 aromatic heterocycles. The van der Waals surface area contributed by atoms with Crippen molar-refractivity contribution in [2.24, 2.45) is 0 Å². The van der Waals surface area contributed by atoms with Gasteiger partial charge in [-0.05, 0) is 6.92 Å². The van der Waals surface area contributed by atoms with E-state index in [1.54, 1.807) is 4.90 Å². The molecule has 0 bridgehead atoms. The smallest absolute Gasteiger partial charge is 0.274 e. The van der Waals surface area contributed by atoms with E-state index in [2.05, 4.69) is 9.97 Å². The van der Waals surface area contributed by atoms with Crippen molar-refractivity contribution in [3.63, 3.8) is 0 Å². The number of anilines is 1. The number of aromatic nitrogens is 2. The van der Waals surface area contributed by atoms with Crippen LogP contribution in [0.4, 0.5) is 5.95 Å². The minimum atomic E-state index is -0.169. The molecule has 1 aromatic rings. The quantitative estimate of drug-likeness (QED) is 0.802. The molecule has 0 aromatic carbocycles. The molecule has 0 radical (unpaired) electrons. The minimum absolute atomic E-state index is 0.0131. The Morgan fingerprint density at radius 2 is 2.00 bits per heavy atom. The first kappa shape index (κ1) is 15.5. The van der Waals surface area contributed by atoms with Crippen LogP contribution in [0.5, 0.6) is 0 Å². The average molecular weight is 327 g/mol. The first-order valence-corrected chi connectivity index (χ1v) is 7.78. The SMILES string of the molecule is CC1COCCN1C(=O)c1nc(N2CCOCC2)ncc1Cl. The Hall–Kier alpha value is -1.44. The molecule has 120 valence electrons. The Bertz CT molecular complexity index is 551. The lowest BCUT2D eigenvalue weighted by Crippen LogP contribution is -2.47. The number of amides is 1. The maximum Gasteiger partial charge on any atom is 0.274 e. The zero-order chi connectivity index (χ0) is 15.5. The zero-order valence-electron chi connectivity index (χ0n) is 12.5. The standard InChI is InChI=1S/C14H19ClN4O3/c1-10-9-22-7-4-19(10)13(20)12-11(15)8-16-14(17-12)18-2-5-21-6-3-18/h8,10H,2-7,9H2,1H3. The van der Waals surface area contributed by atoms with Gasteiger partial charge in [0.15, 0.2) is 5.69 Å². The lowest BCUT2D eigenvalue weighted by molar-refractivity contribution is 0.00327. The van der Waals surface area contributed by atoms with E-state index < -0.39 is 0 Å². The van der Waals surface area contributed by atoms with Gasteiger partial charge in [0, 0.05) is 19.6 Å². The predicted octanol–water partition coefficient (Wildman–Crippen LogP) is 0.828. The molecule has 3 rings (SSSR count). The maximum atomic E-state index is 12.7. The molecule has 2 aliphatic rings. The summed E-state index contributed by atoms with van der Waals surface area (Å²) in [6, 6.07) is 0.0131. The Morgan fingerprint density at radius 1 is 1.27 bits per heavy atom. The van der Waals surface area contributed by atoms with Crippen molar-refractivity contribution >= 4 is 23.5 Å². The highest BCUT2D eigenvalue weighted by molar-refractivity contribution is 6.33. The molecule has 1 amide bonds. The van der Waals surface area contributed by atoms with Crippen molar-refractivity contribution in [3.8, 4) is 0 Å². The number of rotatable bonds is 2. The van der Waals surface area contributed by atoms with Crippen LogP contribution in [0.25, 0.3) is 0 Å². The normalized spacial score (nSPS) is 22.7. The third-order valence-electron chi connectivity index (χ3n) is 3.86. The largest absolute Gasteiger partial charge is 0.378 e. The van der Waals surface area contributed by atoms with Gasteiger partial charge in [-0.25, -0.2) is 9.97 Å². The topological polar surface area (TPSA) is 67.8 Å². The van der Waals surface area contributed by atoms with Crippen molar-refractivity contribution in [1.29, 1.82) is 0 Å². The summed E-state index contributed by atoms with van der Waals surface area (Å²) in [5.41, 5.74) is 0.256. The highest BCUT2D eigenvalue weighted by Crippen LogP contribution is 2.20. The average Bonchev–Trinajstić information content (AvgIpc) is 2.56. The molecule has 2 fully saturated rings. The van der Waals surface area contributed by atoms with E-state index >= 15 is 0 Å². The van der Waals surface area contributed by atoms with Gasteiger partial charge in [0.1, 0.15) is 0 Å². The first-order chi connectivity index (χ1) is 10.7. The summed E-state index contributed by atoms with van der Waals surface area (Å²) < 4.78 is 10.7. The molecular weight excluding hydrogens is 308 g/mol. The summed E-state index contributed by atoms with van der Waals surface area (Å²) in [5.74, 6) is 0.356. The number of halogens is 1. The van der Waals surface area contributed by atoms with Gasteiger partial charge >= 0.3 is 0 Å². The van der Waals surface area contributed by atoms with Crippen LogP contribution >= 0.6 is 11.6 Å². The summed E-state index contributed by atoms with van der Waals surface area (Å²) in [7, 11) is 0. The second-order valence-electron chi connectivity index (χ2n) is 5.39. The summed E-state index contributed by atoms with van der Waals surface area (Å²) in [5, 5.41) is 0.278. The molecule has 0 aliphatic carbocycles. The molecule has 2 aliphatic heterocycles. The van der Waals surface area contributed by atoms with Gasteiger partial charge in [-0.15, -0.1) is 0 Å². The molecule has 22 heavy (non-hydrogen) atoms. The van der Waals surface area contributed by atoms with Crippen LogP contribution in [0.2, 0.25) is 5.02 Å². The molecule has 3 heterocycles. The monoisotopic (exact) mass is 326 g/mol. The van der Waals surface area contributed by atoms with E-state index in [9.17, 15) is 4.79 Å². The van der Waals surface area contributed by atoms with Crippen molar-refractivity contribution in [1.82, 2.24) is 14.9 Å². The fourth-order valence-electron chi connectivity index (χ4n) is 2.59. The number of hydrogen-bond acceptors (Lipinski definition) is 6. The fourth-order valence-corrected chi connectivity index (χ4v) is 2.76. The molecule has 1 unspecified atom stereocenters. The highest BCUT2D eigenvalue weighted by atomic mass is 35.5. The van der Waals surface area contributed by atoms with Crippen LogP contribution in [0.15, 0.2) is 6.20 Å². The van der Waals surface area contributed by atoms with E-state index in [0.717, 1.165) is 0 Å². The molecule has 0 saturated carbocycles. The van der Waals surface area contributed by atoms with Gasteiger partial charge in [0.25, 0.3) is 5.91 Å². The van der Waals surface area contributed by atoms with Crippen molar-refractivity contribution < 1.29 is 14.3 Å². The third-order valence-corrected chi connectivity index (χ3v) is 4.13. The number of nitrogens with zero attached hydrogens (tertiary/aromatic N) is 4. The molecule has 8 heteroatoms. The van der Waals surface area contributed by atoms with Crippen LogP contribution in [0.1, 0.15) is 17.4 Å². The van der Waals surface area contributed by atoms with Gasteiger partial charge in [0.2, 0.25) is 5.95 Å². The van der Waals surface area contributed by atoms with Gasteiger partial charge in [0.05, 0.1) is 43.7 Å². The van der Waals surface area contributed by atoms with Crippen LogP contribution in [-0.2, 0) is 9.47 Å². The van der Waals surface area contributed by atoms with Gasteiger partial charge in [-0.1, -0.05) is 11.6 Å². The third kappa shape index (κ3) is 3.16. The lowest BCUT2D eigenvalue weighted by Gasteiger charge is -2.33. The van der Waals surface area contributed by atoms with Gasteiger partial charge < -0.3 is 19.3 Å². The zero-order valence-corrected chi connectivity index (χ0v) is 13.3. The summed E-state index contributed by atoms with van der Waals surface area (Å²) in [6.07, 6.45) is 1.50. The van der Waals surface area contributed by atoms with Crippen molar-refractivity contribution in [3.05, 3.63) is 16.9 Å². The van der Waals surface area contributed by atoms with Crippen LogP contribution in [-0.4, -0.2) is 72.9 Å². The van der Waals surface area contributed by atoms with E-state index in [4.69, 9.17) is 21.1 Å². The van der Waals surface area contributed by atoms with E-state index in [-0.39, 0.29) is 22.7 Å². The second kappa shape index (κ2) is 6.76. The van der Waals surface area contributed by atoms with E-state index in [0.29, 0.717) is 52.0 Å². The summed E-state index contributed by atoms with van der Waals surface area (Å²) >= 11 is 6.15. The number of morpholine rings is 2. The van der Waals surface area contributed by atoms with E-state index in [1.165, 1.54) is 6.20 Å². The Morgan fingerprint density at radius 3 is 2.73 bits per heavy atom. The first-order valence-electron chi connectivity index (χ1n) is 7.41. The van der Waals surface area contributed by atoms with E-state index in [1.807, 2.05) is 11.8 Å². The lowest BCUT2D eigenvalue weighted by atomic mass is 10.2. The van der Waals surface area contributed by atoms with Crippen LogP contribution in [0, 0.1) is 0 Å². The van der Waals surface area contributed by atoms with Crippen molar-refractivity contribution in [2.45, 2.75) is 13.0 Å². The maximum absolute atomic E-state index is 12.7. The number of ether oxygens (including phenoxy) is 2. The number of hydrogen-bond donors (Lipinski definition) is 0. The summed E-state index contributed by atoms with van der Waals surface area (Å²) in [4.78, 5) is 25.1. The second-order valence-corrected chi connectivity index (χ2v) is 5.80. The van der Waals surface area contributed by atoms with Gasteiger partial charge in [-0.3, -0.25) is 4.79 Å². The molecule has 1 atom stereocenters. The molecule has 0 N–H and O–H groups in total. The number of carbonyl (C=O) groups is 1. The molecular formula is C14H19ClN4O3. The molecule has 2 saturated heterocycles. The Balaban J connectivity index is 1.84. The number of carbonyl (C=O) groups excluding carboxylic acids is 1. The fraction of sp³-hybridized carbons (Fsp3) is 0.643. The van der Waals surface area contributed by atoms with Gasteiger partial charge in [-0.2, -0.15) is 0 Å². The Labute approximate surface area is 134 Å². The molecule has 0 spiro atoms. The highest BCUT2D eigenvalue weighted by Gasteiger charge is 2.28. The van der Waals surface area contributed by atoms with Crippen molar-refractivity contribution in [2.75, 3.05) is 51.0 Å². The van der Waals surface area contributed by atoms with Crippen LogP contribution < -0.4 is 4.90 Å². The van der Waals surface area contributed by atoms with Crippen LogP contribution in [0.3, 0.4) is 0 Å². The summed E-state index contributed by atoms with van der Waals surface area (Å²) in [6.45, 7) is 6.26. The predicted molar refractivity (Wildman–Crippen MR) is 81.4 cm³/mol.